The van der Waals surface area contributed by atoms with E-state index >= 15 is 0 Å². The van der Waals surface area contributed by atoms with Gasteiger partial charge in [-0.2, -0.15) is 4.39 Å². The van der Waals surface area contributed by atoms with Crippen LogP contribution in [0, 0.1) is 5.95 Å². The van der Waals surface area contributed by atoms with Crippen molar-refractivity contribution >= 4 is 62.6 Å². The predicted octanol–water partition coefficient (Wildman–Crippen LogP) is 3.56. The maximum atomic E-state index is 14.4. The number of likely N-dealkylation sites (N-methyl/N-ethyl adjacent to an activating group) is 1. The molecule has 3 heterocycles. The number of halogens is 1. The molecule has 11 heteroatoms. The maximum Gasteiger partial charge on any atom is 0.333 e. The molecule has 0 fully saturated rings. The van der Waals surface area contributed by atoms with Gasteiger partial charge < -0.3 is 10.2 Å². The molecule has 1 aromatic carbocycles. The first-order valence-corrected chi connectivity index (χ1v) is 13.0. The number of carbonyl (C=O) groups is 1. The summed E-state index contributed by atoms with van der Waals surface area (Å²) in [6.45, 7) is 1.55. The molecule has 0 saturated carbocycles. The van der Waals surface area contributed by atoms with Gasteiger partial charge in [-0.1, -0.05) is 12.1 Å². The summed E-state index contributed by atoms with van der Waals surface area (Å²) in [7, 11) is -2.05. The zero-order valence-electron chi connectivity index (χ0n) is 19.0. The van der Waals surface area contributed by atoms with Crippen LogP contribution in [0.5, 0.6) is 0 Å². The largest absolute Gasteiger partial charge is 0.333 e. The third-order valence-electron chi connectivity index (χ3n) is 6.10. The van der Waals surface area contributed by atoms with Crippen molar-refractivity contribution in [2.45, 2.75) is 36.4 Å². The van der Waals surface area contributed by atoms with Crippen molar-refractivity contribution in [2.75, 3.05) is 18.9 Å². The first kappa shape index (κ1) is 25.3. The molecule has 1 radical (unpaired) electrons. The molecule has 0 unspecified atom stereocenters. The van der Waals surface area contributed by atoms with Crippen LogP contribution in [0.15, 0.2) is 40.7 Å². The molecule has 1 aliphatic carbocycles. The van der Waals surface area contributed by atoms with Gasteiger partial charge in [-0.05, 0) is 67.6 Å². The van der Waals surface area contributed by atoms with Gasteiger partial charge in [0.15, 0.2) is 0 Å². The van der Waals surface area contributed by atoms with Crippen molar-refractivity contribution in [1.29, 1.82) is 0 Å². The zero-order valence-corrected chi connectivity index (χ0v) is 22.7. The second-order valence-corrected chi connectivity index (χ2v) is 11.4. The Hall–Kier alpha value is -1.82. The van der Waals surface area contributed by atoms with Gasteiger partial charge in [0, 0.05) is 64.8 Å². The third kappa shape index (κ3) is 4.93. The predicted molar refractivity (Wildman–Crippen MR) is 131 cm³/mol. The number of pyridine rings is 1. The van der Waals surface area contributed by atoms with Gasteiger partial charge in [0.1, 0.15) is 4.21 Å². The Bertz CT molecular complexity index is 1360. The molecule has 3 aromatic rings. The molecular weight excluding hydrogens is 486 g/mol. The van der Waals surface area contributed by atoms with Crippen LogP contribution in [0.25, 0.3) is 11.1 Å². The molecule has 0 spiro atoms. The van der Waals surface area contributed by atoms with Crippen LogP contribution in [-0.2, 0) is 35.8 Å². The topological polar surface area (TPSA) is 91.4 Å². The standard InChI is InChI=1S/C23H23FN4O3S2.Na/c1-28-11-9-19-15(13-28)12-20(32-19)33(30,31)27-23(29)26-21-16-5-2-4-14(16)7-8-17(21)18-6-3-10-25-22(18)24;/h3,6-8,10,12H,2,4-5,9,11,13H2,1H3,(H2,26,27,29);. The van der Waals surface area contributed by atoms with E-state index in [1.54, 1.807) is 24.3 Å². The molecule has 2 aromatic heterocycles. The molecule has 2 N–H and O–H groups in total. The van der Waals surface area contributed by atoms with Crippen LogP contribution < -0.4 is 10.0 Å². The number of urea groups is 1. The first-order chi connectivity index (χ1) is 15.8. The fourth-order valence-corrected chi connectivity index (χ4v) is 6.96. The van der Waals surface area contributed by atoms with Crippen molar-refractivity contribution in [2.24, 2.45) is 0 Å². The summed E-state index contributed by atoms with van der Waals surface area (Å²) in [5, 5.41) is 2.70. The van der Waals surface area contributed by atoms with Crippen molar-refractivity contribution in [3.8, 4) is 11.1 Å². The molecular formula is C23H23FN4NaO3S2. The van der Waals surface area contributed by atoms with Crippen LogP contribution in [0.2, 0.25) is 0 Å². The smallest absolute Gasteiger partial charge is 0.306 e. The number of aromatic nitrogens is 1. The van der Waals surface area contributed by atoms with Crippen LogP contribution in [0.3, 0.4) is 0 Å². The Kier molecular flexibility index (Phi) is 7.47. The number of sulfonamides is 1. The van der Waals surface area contributed by atoms with E-state index in [2.05, 4.69) is 19.9 Å². The molecule has 0 atom stereocenters. The Labute approximate surface area is 224 Å². The summed E-state index contributed by atoms with van der Waals surface area (Å²) in [5.41, 5.74) is 4.10. The molecule has 2 amide bonds. The van der Waals surface area contributed by atoms with E-state index in [0.29, 0.717) is 17.8 Å². The Morgan fingerprint density at radius 1 is 1.15 bits per heavy atom. The fraction of sp³-hybridized carbons (Fsp3) is 0.304. The Balaban J connectivity index is 0.00000274. The number of nitrogens with zero attached hydrogens (tertiary/aromatic N) is 2. The van der Waals surface area contributed by atoms with Crippen LogP contribution in [-0.4, -0.2) is 67.5 Å². The average molecular weight is 510 g/mol. The monoisotopic (exact) mass is 509 g/mol. The van der Waals surface area contributed by atoms with Gasteiger partial charge in [-0.25, -0.2) is 22.9 Å². The minimum Gasteiger partial charge on any atom is -0.306 e. The van der Waals surface area contributed by atoms with Crippen LogP contribution in [0.4, 0.5) is 14.9 Å². The van der Waals surface area contributed by atoms with E-state index in [-0.39, 0.29) is 39.3 Å². The minimum absolute atomic E-state index is 0. The molecule has 0 saturated heterocycles. The van der Waals surface area contributed by atoms with E-state index in [0.717, 1.165) is 53.8 Å². The summed E-state index contributed by atoms with van der Waals surface area (Å²) < 4.78 is 42.6. The third-order valence-corrected chi connectivity index (χ3v) is 9.14. The van der Waals surface area contributed by atoms with Crippen LogP contribution >= 0.6 is 11.3 Å². The zero-order chi connectivity index (χ0) is 23.2. The number of aryl methyl sites for hydroxylation is 1. The number of anilines is 1. The minimum atomic E-state index is -4.04. The van der Waals surface area contributed by atoms with E-state index < -0.39 is 22.0 Å². The van der Waals surface area contributed by atoms with Gasteiger partial charge in [0.05, 0.1) is 5.69 Å². The Morgan fingerprint density at radius 2 is 1.97 bits per heavy atom. The van der Waals surface area contributed by atoms with Gasteiger partial charge >= 0.3 is 6.03 Å². The molecule has 173 valence electrons. The molecule has 2 aliphatic rings. The summed E-state index contributed by atoms with van der Waals surface area (Å²) in [4.78, 5) is 19.7. The van der Waals surface area contributed by atoms with Crippen LogP contribution in [0.1, 0.15) is 28.0 Å². The summed E-state index contributed by atoms with van der Waals surface area (Å²) in [6, 6.07) is 7.66. The SMILES string of the molecule is CN1CCc2sc(S(=O)(=O)NC(=O)Nc3c(-c4cccnc4F)ccc4c3CCC4)cc2C1.[Na]. The van der Waals surface area contributed by atoms with Gasteiger partial charge in [-0.15, -0.1) is 11.3 Å². The number of amides is 2. The van der Waals surface area contributed by atoms with E-state index in [1.807, 2.05) is 13.1 Å². The number of benzene rings is 1. The van der Waals surface area contributed by atoms with E-state index in [4.69, 9.17) is 0 Å². The van der Waals surface area contributed by atoms with Crippen molar-refractivity contribution < 1.29 is 17.6 Å². The number of carbonyl (C=O) groups excluding carboxylic acids is 1. The van der Waals surface area contributed by atoms with E-state index in [1.165, 1.54) is 17.5 Å². The molecule has 5 rings (SSSR count). The van der Waals surface area contributed by atoms with Gasteiger partial charge in [-0.3, -0.25) is 0 Å². The second-order valence-electron chi connectivity index (χ2n) is 8.38. The number of fused-ring (bicyclic) bond motifs is 2. The summed E-state index contributed by atoms with van der Waals surface area (Å²) in [6.07, 6.45) is 4.64. The first-order valence-electron chi connectivity index (χ1n) is 10.7. The molecule has 1 aliphatic heterocycles. The average Bonchev–Trinajstić information content (AvgIpc) is 3.41. The number of nitrogens with one attached hydrogen (secondary N) is 2. The number of thiophene rings is 1. The maximum absolute atomic E-state index is 14.4. The number of rotatable bonds is 4. The van der Waals surface area contributed by atoms with E-state index in [9.17, 15) is 17.6 Å². The number of hydrogen-bond donors (Lipinski definition) is 2. The van der Waals surface area contributed by atoms with Crippen molar-refractivity contribution in [3.63, 3.8) is 0 Å². The molecule has 34 heavy (non-hydrogen) atoms. The normalized spacial score (nSPS) is 15.2. The van der Waals surface area contributed by atoms with Gasteiger partial charge in [0.25, 0.3) is 10.0 Å². The fourth-order valence-electron chi connectivity index (χ4n) is 4.51. The van der Waals surface area contributed by atoms with Gasteiger partial charge in [0.2, 0.25) is 5.95 Å². The Morgan fingerprint density at radius 3 is 2.76 bits per heavy atom. The van der Waals surface area contributed by atoms with Crippen molar-refractivity contribution in [1.82, 2.24) is 14.6 Å². The second kappa shape index (κ2) is 10.0. The molecule has 7 nitrogen and oxygen atoms in total. The number of hydrogen-bond acceptors (Lipinski definition) is 6. The molecule has 0 bridgehead atoms. The summed E-state index contributed by atoms with van der Waals surface area (Å²) >= 11 is 1.20. The quantitative estimate of drug-likeness (QED) is 0.415. The summed E-state index contributed by atoms with van der Waals surface area (Å²) in [5.74, 6) is -0.652. The van der Waals surface area contributed by atoms with Crippen molar-refractivity contribution in [3.05, 3.63) is 64.0 Å².